The number of aromatic nitrogens is 2. The Morgan fingerprint density at radius 1 is 1.06 bits per heavy atom. The van der Waals surface area contributed by atoms with Crippen molar-refractivity contribution in [3.8, 4) is 0 Å². The number of fused-ring (bicyclic) bond motifs is 1. The van der Waals surface area contributed by atoms with Gasteiger partial charge in [0.05, 0.1) is 24.2 Å². The standard InChI is InChI=1S/C24H27N5O2/c30-22(20-11-25-23(26-12-20)29-14-24(15-29)16-31-17-24)27-9-6-21(7-10-27)28-8-5-18-3-1-2-4-19(18)13-28/h1-5,8,11-12,21H,6-7,9-10,13-17H2. The van der Waals surface area contributed by atoms with Crippen molar-refractivity contribution >= 4 is 17.9 Å². The van der Waals surface area contributed by atoms with Gasteiger partial charge in [-0.05, 0) is 30.0 Å². The van der Waals surface area contributed by atoms with Gasteiger partial charge in [-0.1, -0.05) is 24.3 Å². The molecular formula is C24H27N5O2. The summed E-state index contributed by atoms with van der Waals surface area (Å²) in [6.45, 7) is 6.07. The van der Waals surface area contributed by atoms with Gasteiger partial charge in [0.25, 0.3) is 5.91 Å². The monoisotopic (exact) mass is 417 g/mol. The van der Waals surface area contributed by atoms with Gasteiger partial charge in [0.1, 0.15) is 0 Å². The maximum atomic E-state index is 13.0. The van der Waals surface area contributed by atoms with Crippen molar-refractivity contribution in [3.05, 3.63) is 59.5 Å². The van der Waals surface area contributed by atoms with E-state index in [1.54, 1.807) is 12.4 Å². The second kappa shape index (κ2) is 7.34. The smallest absolute Gasteiger partial charge is 0.256 e. The first-order valence-corrected chi connectivity index (χ1v) is 11.2. The molecule has 2 aromatic rings. The third kappa shape index (κ3) is 3.37. The number of anilines is 1. The van der Waals surface area contributed by atoms with Gasteiger partial charge in [-0.15, -0.1) is 0 Å². The zero-order valence-electron chi connectivity index (χ0n) is 17.6. The molecule has 1 aromatic carbocycles. The molecule has 1 aromatic heterocycles. The highest BCUT2D eigenvalue weighted by molar-refractivity contribution is 5.93. The van der Waals surface area contributed by atoms with Crippen molar-refractivity contribution in [2.75, 3.05) is 44.3 Å². The van der Waals surface area contributed by atoms with E-state index in [4.69, 9.17) is 4.74 Å². The molecule has 4 aliphatic heterocycles. The Morgan fingerprint density at radius 2 is 1.81 bits per heavy atom. The van der Waals surface area contributed by atoms with Gasteiger partial charge in [0.15, 0.2) is 0 Å². The van der Waals surface area contributed by atoms with Crippen molar-refractivity contribution in [2.24, 2.45) is 5.41 Å². The van der Waals surface area contributed by atoms with E-state index in [1.165, 1.54) is 11.1 Å². The SMILES string of the molecule is O=C(c1cnc(N2CC3(COC3)C2)nc1)N1CCC(N2C=Cc3ccccc3C2)CC1. The summed E-state index contributed by atoms with van der Waals surface area (Å²) < 4.78 is 5.32. The summed E-state index contributed by atoms with van der Waals surface area (Å²) in [5, 5.41) is 0. The zero-order valence-corrected chi connectivity index (χ0v) is 17.6. The Hall–Kier alpha value is -2.93. The third-order valence-electron chi connectivity index (χ3n) is 7.11. The highest BCUT2D eigenvalue weighted by Gasteiger charge is 2.49. The Balaban J connectivity index is 1.04. The topological polar surface area (TPSA) is 61.8 Å². The van der Waals surface area contributed by atoms with Crippen molar-refractivity contribution in [2.45, 2.75) is 25.4 Å². The number of ether oxygens (including phenoxy) is 1. The maximum absolute atomic E-state index is 13.0. The van der Waals surface area contributed by atoms with Gasteiger partial charge >= 0.3 is 0 Å². The quantitative estimate of drug-likeness (QED) is 0.764. The zero-order chi connectivity index (χ0) is 20.8. The number of hydrogen-bond donors (Lipinski definition) is 0. The lowest BCUT2D eigenvalue weighted by Crippen LogP contribution is -2.66. The molecule has 7 nitrogen and oxygen atoms in total. The van der Waals surface area contributed by atoms with Crippen molar-refractivity contribution in [3.63, 3.8) is 0 Å². The van der Waals surface area contributed by atoms with E-state index in [0.717, 1.165) is 58.8 Å². The van der Waals surface area contributed by atoms with Gasteiger partial charge < -0.3 is 19.4 Å². The minimum Gasteiger partial charge on any atom is -0.380 e. The van der Waals surface area contributed by atoms with Crippen molar-refractivity contribution < 1.29 is 9.53 Å². The number of nitrogens with zero attached hydrogens (tertiary/aromatic N) is 5. The second-order valence-corrected chi connectivity index (χ2v) is 9.33. The first-order valence-electron chi connectivity index (χ1n) is 11.2. The average Bonchev–Trinajstić information content (AvgIpc) is 2.77. The van der Waals surface area contributed by atoms with Crippen LogP contribution in [0.1, 0.15) is 34.3 Å². The molecule has 31 heavy (non-hydrogen) atoms. The highest BCUT2D eigenvalue weighted by atomic mass is 16.5. The number of carbonyl (C=O) groups is 1. The Kier molecular flexibility index (Phi) is 4.45. The van der Waals surface area contributed by atoms with E-state index in [2.05, 4.69) is 56.3 Å². The largest absolute Gasteiger partial charge is 0.380 e. The molecule has 5 heterocycles. The van der Waals surface area contributed by atoms with Gasteiger partial charge in [0, 0.05) is 57.4 Å². The molecule has 3 fully saturated rings. The van der Waals surface area contributed by atoms with Gasteiger partial charge in [-0.2, -0.15) is 0 Å². The Labute approximate surface area is 182 Å². The van der Waals surface area contributed by atoms with E-state index >= 15 is 0 Å². The lowest BCUT2D eigenvalue weighted by atomic mass is 9.78. The van der Waals surface area contributed by atoms with Crippen LogP contribution in [-0.2, 0) is 11.3 Å². The number of hydrogen-bond acceptors (Lipinski definition) is 6. The fraction of sp³-hybridized carbons (Fsp3) is 0.458. The fourth-order valence-corrected chi connectivity index (χ4v) is 5.17. The molecule has 160 valence electrons. The summed E-state index contributed by atoms with van der Waals surface area (Å²) in [6.07, 6.45) is 9.75. The van der Waals surface area contributed by atoms with E-state index in [9.17, 15) is 4.79 Å². The van der Waals surface area contributed by atoms with Crippen LogP contribution in [0.25, 0.3) is 6.08 Å². The number of benzene rings is 1. The third-order valence-corrected chi connectivity index (χ3v) is 7.11. The van der Waals surface area contributed by atoms with Gasteiger partial charge in [0.2, 0.25) is 5.95 Å². The highest BCUT2D eigenvalue weighted by Crippen LogP contribution is 2.38. The number of rotatable bonds is 3. The summed E-state index contributed by atoms with van der Waals surface area (Å²) in [7, 11) is 0. The minimum absolute atomic E-state index is 0.0389. The first kappa shape index (κ1) is 18.8. The van der Waals surface area contributed by atoms with Crippen LogP contribution in [0.4, 0.5) is 5.95 Å². The predicted octanol–water partition coefficient (Wildman–Crippen LogP) is 2.40. The van der Waals surface area contributed by atoms with Crippen LogP contribution in [0, 0.1) is 5.41 Å². The summed E-state index contributed by atoms with van der Waals surface area (Å²) in [4.78, 5) is 28.4. The van der Waals surface area contributed by atoms with Gasteiger partial charge in [-0.25, -0.2) is 9.97 Å². The molecule has 0 saturated carbocycles. The molecule has 1 amide bonds. The average molecular weight is 418 g/mol. The molecule has 0 bridgehead atoms. The molecule has 0 radical (unpaired) electrons. The second-order valence-electron chi connectivity index (χ2n) is 9.33. The normalized spacial score (nSPS) is 22.1. The lowest BCUT2D eigenvalue weighted by Gasteiger charge is -2.54. The summed E-state index contributed by atoms with van der Waals surface area (Å²) in [6, 6.07) is 9.03. The van der Waals surface area contributed by atoms with Crippen LogP contribution in [-0.4, -0.2) is 71.1 Å². The van der Waals surface area contributed by atoms with Crippen molar-refractivity contribution in [1.82, 2.24) is 19.8 Å². The van der Waals surface area contributed by atoms with Crippen LogP contribution in [0.5, 0.6) is 0 Å². The molecule has 0 unspecified atom stereocenters. The molecule has 0 atom stereocenters. The Morgan fingerprint density at radius 3 is 2.52 bits per heavy atom. The number of amides is 1. The number of likely N-dealkylation sites (tertiary alicyclic amines) is 1. The van der Waals surface area contributed by atoms with E-state index in [0.29, 0.717) is 23.0 Å². The molecule has 7 heteroatoms. The van der Waals surface area contributed by atoms with Crippen LogP contribution in [0.2, 0.25) is 0 Å². The van der Waals surface area contributed by atoms with Crippen LogP contribution in [0.15, 0.2) is 42.9 Å². The lowest BCUT2D eigenvalue weighted by molar-refractivity contribution is -0.127. The summed E-state index contributed by atoms with van der Waals surface area (Å²) >= 11 is 0. The summed E-state index contributed by atoms with van der Waals surface area (Å²) in [5.41, 5.74) is 3.59. The summed E-state index contributed by atoms with van der Waals surface area (Å²) in [5.74, 6) is 0.752. The van der Waals surface area contributed by atoms with Crippen molar-refractivity contribution in [1.29, 1.82) is 0 Å². The number of carbonyl (C=O) groups excluding carboxylic acids is 1. The molecular weight excluding hydrogens is 390 g/mol. The molecule has 0 aliphatic carbocycles. The number of piperidine rings is 1. The molecule has 3 saturated heterocycles. The van der Waals surface area contributed by atoms with Gasteiger partial charge in [-0.3, -0.25) is 4.79 Å². The molecule has 1 spiro atoms. The van der Waals surface area contributed by atoms with Crippen LogP contribution in [0.3, 0.4) is 0 Å². The fourth-order valence-electron chi connectivity index (χ4n) is 5.17. The maximum Gasteiger partial charge on any atom is 0.256 e. The predicted molar refractivity (Wildman–Crippen MR) is 117 cm³/mol. The van der Waals surface area contributed by atoms with E-state index in [-0.39, 0.29) is 5.91 Å². The van der Waals surface area contributed by atoms with E-state index < -0.39 is 0 Å². The molecule has 0 N–H and O–H groups in total. The first-order chi connectivity index (χ1) is 15.2. The van der Waals surface area contributed by atoms with Crippen LogP contribution >= 0.6 is 0 Å². The molecule has 6 rings (SSSR count). The van der Waals surface area contributed by atoms with E-state index in [1.807, 2.05) is 4.90 Å². The van der Waals surface area contributed by atoms with Crippen LogP contribution < -0.4 is 4.90 Å². The minimum atomic E-state index is 0.0389. The molecule has 4 aliphatic rings. The Bertz CT molecular complexity index is 1000.